The third-order valence-corrected chi connectivity index (χ3v) is 7.26. The van der Waals surface area contributed by atoms with E-state index in [1.807, 2.05) is 12.1 Å². The minimum Gasteiger partial charge on any atom is -0.465 e. The van der Waals surface area contributed by atoms with Crippen molar-refractivity contribution in [2.24, 2.45) is 0 Å². The quantitative estimate of drug-likeness (QED) is 0.678. The van der Waals surface area contributed by atoms with Crippen LogP contribution in [0.15, 0.2) is 42.5 Å². The van der Waals surface area contributed by atoms with E-state index in [0.29, 0.717) is 36.2 Å². The van der Waals surface area contributed by atoms with Crippen molar-refractivity contribution in [3.8, 4) is 11.1 Å². The molecule has 2 aliphatic rings. The smallest absolute Gasteiger partial charge is 0.407 e. The van der Waals surface area contributed by atoms with Gasteiger partial charge in [0.15, 0.2) is 0 Å². The topological polar surface area (TPSA) is 64.0 Å². The summed E-state index contributed by atoms with van der Waals surface area (Å²) in [7, 11) is 0. The lowest BCUT2D eigenvalue weighted by molar-refractivity contribution is -0.0666. The lowest BCUT2D eigenvalue weighted by Crippen LogP contribution is -2.53. The Morgan fingerprint density at radius 2 is 1.60 bits per heavy atom. The molecule has 0 bridgehead atoms. The summed E-state index contributed by atoms with van der Waals surface area (Å²) in [6.45, 7) is 3.14. The molecule has 2 fully saturated rings. The number of piperazine rings is 1. The van der Waals surface area contributed by atoms with Gasteiger partial charge in [0, 0.05) is 38.6 Å². The van der Waals surface area contributed by atoms with Crippen molar-refractivity contribution in [2.45, 2.75) is 30.8 Å². The van der Waals surface area contributed by atoms with Gasteiger partial charge in [0.2, 0.25) is 0 Å². The molecule has 1 saturated carbocycles. The average Bonchev–Trinajstić information content (AvgIpc) is 2.73. The van der Waals surface area contributed by atoms with Crippen molar-refractivity contribution in [1.82, 2.24) is 9.80 Å². The maximum absolute atomic E-state index is 11.2. The van der Waals surface area contributed by atoms with E-state index in [-0.39, 0.29) is 5.92 Å². The van der Waals surface area contributed by atoms with E-state index in [4.69, 9.17) is 28.3 Å². The predicted molar refractivity (Wildman–Crippen MR) is 119 cm³/mol. The summed E-state index contributed by atoms with van der Waals surface area (Å²) < 4.78 is 0. The third kappa shape index (κ3) is 4.45. The van der Waals surface area contributed by atoms with Crippen LogP contribution in [0.25, 0.3) is 11.1 Å². The van der Waals surface area contributed by atoms with Gasteiger partial charge in [-0.2, -0.15) is 0 Å². The fourth-order valence-corrected chi connectivity index (χ4v) is 4.73. The maximum Gasteiger partial charge on any atom is 0.407 e. The van der Waals surface area contributed by atoms with Gasteiger partial charge in [-0.25, -0.2) is 4.79 Å². The van der Waals surface area contributed by atoms with Gasteiger partial charge in [0.25, 0.3) is 0 Å². The molecule has 30 heavy (non-hydrogen) atoms. The molecule has 2 aromatic carbocycles. The summed E-state index contributed by atoms with van der Waals surface area (Å²) in [5.74, 6) is 0.00508. The number of nitrogens with zero attached hydrogens (tertiary/aromatic N) is 2. The first kappa shape index (κ1) is 21.4. The Kier molecular flexibility index (Phi) is 6.26. The first-order valence-corrected chi connectivity index (χ1v) is 11.1. The van der Waals surface area contributed by atoms with Crippen LogP contribution in [0.3, 0.4) is 0 Å². The highest BCUT2D eigenvalue weighted by atomic mass is 35.5. The average molecular weight is 449 g/mol. The Labute approximate surface area is 186 Å². The zero-order valence-corrected chi connectivity index (χ0v) is 18.2. The second-order valence-electron chi connectivity index (χ2n) is 8.33. The lowest BCUT2D eigenvalue weighted by Gasteiger charge is -2.46. The molecule has 2 aromatic rings. The van der Waals surface area contributed by atoms with Crippen molar-refractivity contribution in [3.05, 3.63) is 58.1 Å². The molecule has 1 saturated heterocycles. The summed E-state index contributed by atoms with van der Waals surface area (Å²) in [6, 6.07) is 13.9. The van der Waals surface area contributed by atoms with Crippen LogP contribution in [-0.2, 0) is 0 Å². The normalized spacial score (nSPS) is 19.9. The Morgan fingerprint density at radius 1 is 0.967 bits per heavy atom. The van der Waals surface area contributed by atoms with E-state index >= 15 is 0 Å². The molecule has 1 unspecified atom stereocenters. The SMILES string of the molecule is O=C(O)N1CCN(CC(c2ccc(-c3ccc(Cl)c(Cl)c3)cc2)C2(O)CCC2)CC1. The first-order valence-electron chi connectivity index (χ1n) is 10.3. The second kappa shape index (κ2) is 8.75. The van der Waals surface area contributed by atoms with Crippen molar-refractivity contribution >= 4 is 29.3 Å². The minimum absolute atomic E-state index is 0.00508. The molecular formula is C23H26Cl2N2O3. The largest absolute Gasteiger partial charge is 0.465 e. The molecular weight excluding hydrogens is 423 g/mol. The van der Waals surface area contributed by atoms with Gasteiger partial charge in [-0.3, -0.25) is 4.90 Å². The molecule has 1 aliphatic heterocycles. The Bertz CT molecular complexity index is 907. The highest BCUT2D eigenvalue weighted by Crippen LogP contribution is 2.44. The molecule has 1 aliphatic carbocycles. The van der Waals surface area contributed by atoms with E-state index in [2.05, 4.69) is 29.2 Å². The first-order chi connectivity index (χ1) is 14.4. The van der Waals surface area contributed by atoms with Crippen LogP contribution in [0, 0.1) is 0 Å². The van der Waals surface area contributed by atoms with Gasteiger partial charge in [0.1, 0.15) is 0 Å². The fourth-order valence-electron chi connectivity index (χ4n) is 4.44. The molecule has 0 aromatic heterocycles. The van der Waals surface area contributed by atoms with Gasteiger partial charge in [-0.15, -0.1) is 0 Å². The van der Waals surface area contributed by atoms with E-state index in [1.54, 1.807) is 6.07 Å². The highest BCUT2D eigenvalue weighted by molar-refractivity contribution is 6.42. The summed E-state index contributed by atoms with van der Waals surface area (Å²) in [4.78, 5) is 14.9. The minimum atomic E-state index is -0.860. The van der Waals surface area contributed by atoms with Gasteiger partial charge in [-0.1, -0.05) is 53.5 Å². The van der Waals surface area contributed by atoms with Gasteiger partial charge in [0.05, 0.1) is 15.6 Å². The number of halogens is 2. The number of hydrogen-bond acceptors (Lipinski definition) is 3. The van der Waals surface area contributed by atoms with Crippen LogP contribution in [0.1, 0.15) is 30.7 Å². The van der Waals surface area contributed by atoms with Crippen LogP contribution < -0.4 is 0 Å². The molecule has 160 valence electrons. The van der Waals surface area contributed by atoms with E-state index in [1.165, 1.54) is 4.90 Å². The zero-order chi connectivity index (χ0) is 21.3. The van der Waals surface area contributed by atoms with Crippen molar-refractivity contribution < 1.29 is 15.0 Å². The molecule has 0 radical (unpaired) electrons. The zero-order valence-electron chi connectivity index (χ0n) is 16.7. The van der Waals surface area contributed by atoms with Crippen LogP contribution >= 0.6 is 23.2 Å². The summed E-state index contributed by atoms with van der Waals surface area (Å²) in [5, 5.41) is 21.4. The van der Waals surface area contributed by atoms with Crippen LogP contribution in [0.2, 0.25) is 10.0 Å². The van der Waals surface area contributed by atoms with E-state index < -0.39 is 11.7 Å². The number of rotatable bonds is 5. The number of benzene rings is 2. The van der Waals surface area contributed by atoms with Gasteiger partial charge >= 0.3 is 6.09 Å². The fraction of sp³-hybridized carbons (Fsp3) is 0.435. The number of carboxylic acid groups (broad SMARTS) is 1. The number of carbonyl (C=O) groups is 1. The number of amides is 1. The molecule has 2 N–H and O–H groups in total. The Hall–Kier alpha value is -1.79. The molecule has 1 atom stereocenters. The summed E-state index contributed by atoms with van der Waals surface area (Å²) in [5.41, 5.74) is 2.47. The molecule has 1 amide bonds. The number of hydrogen-bond donors (Lipinski definition) is 2. The predicted octanol–water partition coefficient (Wildman–Crippen LogP) is 4.95. The molecule has 5 nitrogen and oxygen atoms in total. The van der Waals surface area contributed by atoms with Crippen molar-refractivity contribution in [3.63, 3.8) is 0 Å². The lowest BCUT2D eigenvalue weighted by atomic mass is 9.68. The monoisotopic (exact) mass is 448 g/mol. The highest BCUT2D eigenvalue weighted by Gasteiger charge is 2.43. The summed E-state index contributed by atoms with van der Waals surface area (Å²) in [6.07, 6.45) is 1.80. The van der Waals surface area contributed by atoms with Crippen LogP contribution in [0.4, 0.5) is 4.79 Å². The Morgan fingerprint density at radius 3 is 2.13 bits per heavy atom. The van der Waals surface area contributed by atoms with E-state index in [9.17, 15) is 9.90 Å². The van der Waals surface area contributed by atoms with Crippen LogP contribution in [-0.4, -0.2) is 64.4 Å². The summed E-state index contributed by atoms with van der Waals surface area (Å²) >= 11 is 12.2. The molecule has 1 heterocycles. The third-order valence-electron chi connectivity index (χ3n) is 6.52. The standard InChI is InChI=1S/C23H26Cl2N2O3/c24-20-7-6-18(14-21(20)25)16-2-4-17(5-3-16)19(23(30)8-1-9-23)15-26-10-12-27(13-11-26)22(28)29/h2-7,14,19,30H,1,8-13,15H2,(H,28,29). The maximum atomic E-state index is 11.2. The molecule has 7 heteroatoms. The van der Waals surface area contributed by atoms with E-state index in [0.717, 1.165) is 42.5 Å². The van der Waals surface area contributed by atoms with Crippen LogP contribution in [0.5, 0.6) is 0 Å². The van der Waals surface area contributed by atoms with Crippen molar-refractivity contribution in [1.29, 1.82) is 0 Å². The Balaban J connectivity index is 1.51. The molecule has 4 rings (SSSR count). The molecule has 0 spiro atoms. The van der Waals surface area contributed by atoms with Gasteiger partial charge in [-0.05, 0) is 48.1 Å². The number of aliphatic hydroxyl groups is 1. The second-order valence-corrected chi connectivity index (χ2v) is 9.15. The van der Waals surface area contributed by atoms with Gasteiger partial charge < -0.3 is 15.1 Å². The van der Waals surface area contributed by atoms with Crippen molar-refractivity contribution in [2.75, 3.05) is 32.7 Å².